The second kappa shape index (κ2) is 10.00. The molecule has 1 aliphatic rings. The smallest absolute Gasteiger partial charge is 0.267 e. The van der Waals surface area contributed by atoms with Crippen LogP contribution in [0.2, 0.25) is 0 Å². The molecule has 2 aromatic heterocycles. The second-order valence-electron chi connectivity index (χ2n) is 8.66. The molecule has 0 saturated carbocycles. The van der Waals surface area contributed by atoms with E-state index in [0.717, 1.165) is 42.8 Å². The van der Waals surface area contributed by atoms with Crippen molar-refractivity contribution in [1.82, 2.24) is 19.4 Å². The number of hydrogen-bond acceptors (Lipinski definition) is 6. The fourth-order valence-electron chi connectivity index (χ4n) is 4.21. The van der Waals surface area contributed by atoms with Crippen LogP contribution in [0.15, 0.2) is 71.7 Å². The lowest BCUT2D eigenvalue weighted by Gasteiger charge is -2.34. The number of aromatic nitrogens is 3. The lowest BCUT2D eigenvalue weighted by Crippen LogP contribution is -2.44. The topological polar surface area (TPSA) is 66.3 Å². The molecule has 1 fully saturated rings. The van der Waals surface area contributed by atoms with E-state index in [1.54, 1.807) is 16.8 Å². The van der Waals surface area contributed by atoms with E-state index in [-0.39, 0.29) is 5.56 Å². The molecule has 0 atom stereocenters. The third-order valence-electron chi connectivity index (χ3n) is 6.25. The SMILES string of the molecule is CCn1c(=O)c(C#Cc2ccccc2)cc2cnc(Nc3ccc(N4CCN(C)CC4)cc3)nc21. The van der Waals surface area contributed by atoms with Crippen molar-refractivity contribution >= 4 is 28.4 Å². The van der Waals surface area contributed by atoms with Crippen LogP contribution in [0.4, 0.5) is 17.3 Å². The zero-order valence-electron chi connectivity index (χ0n) is 20.0. The number of anilines is 3. The van der Waals surface area contributed by atoms with E-state index in [0.29, 0.717) is 23.7 Å². The molecule has 7 heteroatoms. The van der Waals surface area contributed by atoms with Gasteiger partial charge in [-0.2, -0.15) is 4.98 Å². The predicted molar refractivity (Wildman–Crippen MR) is 141 cm³/mol. The first-order valence-electron chi connectivity index (χ1n) is 11.9. The lowest BCUT2D eigenvalue weighted by atomic mass is 10.2. The Morgan fingerprint density at radius 3 is 2.43 bits per heavy atom. The van der Waals surface area contributed by atoms with Crippen molar-refractivity contribution in [3.05, 3.63) is 88.3 Å². The van der Waals surface area contributed by atoms with Gasteiger partial charge in [0, 0.05) is 61.2 Å². The van der Waals surface area contributed by atoms with E-state index in [1.807, 2.05) is 49.4 Å². The van der Waals surface area contributed by atoms with Crippen molar-refractivity contribution in [1.29, 1.82) is 0 Å². The number of fused-ring (bicyclic) bond motifs is 1. The molecule has 4 aromatic rings. The monoisotopic (exact) mass is 464 g/mol. The fourth-order valence-corrected chi connectivity index (χ4v) is 4.21. The minimum Gasteiger partial charge on any atom is -0.369 e. The van der Waals surface area contributed by atoms with E-state index in [2.05, 4.69) is 56.1 Å². The molecule has 2 aromatic carbocycles. The number of nitrogens with one attached hydrogen (secondary N) is 1. The molecule has 0 spiro atoms. The summed E-state index contributed by atoms with van der Waals surface area (Å²) < 4.78 is 1.65. The van der Waals surface area contributed by atoms with E-state index in [1.165, 1.54) is 5.69 Å². The summed E-state index contributed by atoms with van der Waals surface area (Å²) in [6.45, 7) is 6.63. The average Bonchev–Trinajstić information content (AvgIpc) is 2.89. The Kier molecular flexibility index (Phi) is 6.47. The Morgan fingerprint density at radius 1 is 0.971 bits per heavy atom. The van der Waals surface area contributed by atoms with Crippen LogP contribution in [0, 0.1) is 11.8 Å². The Labute approximate surface area is 205 Å². The number of likely N-dealkylation sites (N-methyl/N-ethyl adjacent to an activating group) is 1. The van der Waals surface area contributed by atoms with Crippen LogP contribution < -0.4 is 15.8 Å². The van der Waals surface area contributed by atoms with Crippen LogP contribution in [-0.4, -0.2) is 52.7 Å². The number of aryl methyl sites for hydroxylation is 1. The van der Waals surface area contributed by atoms with Crippen LogP contribution in [0.1, 0.15) is 18.1 Å². The molecule has 3 heterocycles. The van der Waals surface area contributed by atoms with Gasteiger partial charge in [0.15, 0.2) is 0 Å². The molecular weight excluding hydrogens is 436 g/mol. The Morgan fingerprint density at radius 2 is 1.71 bits per heavy atom. The molecule has 0 radical (unpaired) electrons. The van der Waals surface area contributed by atoms with Crippen molar-refractivity contribution < 1.29 is 0 Å². The summed E-state index contributed by atoms with van der Waals surface area (Å²) in [6.07, 6.45) is 1.74. The van der Waals surface area contributed by atoms with Gasteiger partial charge < -0.3 is 15.1 Å². The van der Waals surface area contributed by atoms with Gasteiger partial charge in [-0.3, -0.25) is 9.36 Å². The standard InChI is InChI=1S/C28H28N6O/c1-3-34-26-23(19-22(27(34)35)10-9-21-7-5-4-6-8-21)20-29-28(31-26)30-24-11-13-25(14-12-24)33-17-15-32(2)16-18-33/h4-8,11-14,19-20H,3,15-18H2,1-2H3,(H,29,30,31). The van der Waals surface area contributed by atoms with Crippen LogP contribution in [0.3, 0.4) is 0 Å². The van der Waals surface area contributed by atoms with E-state index < -0.39 is 0 Å². The molecule has 1 aliphatic heterocycles. The molecule has 176 valence electrons. The molecule has 0 unspecified atom stereocenters. The lowest BCUT2D eigenvalue weighted by molar-refractivity contribution is 0.313. The molecule has 0 aliphatic carbocycles. The van der Waals surface area contributed by atoms with Crippen molar-refractivity contribution in [3.63, 3.8) is 0 Å². The molecular formula is C28H28N6O. The third-order valence-corrected chi connectivity index (χ3v) is 6.25. The van der Waals surface area contributed by atoms with E-state index in [9.17, 15) is 4.79 Å². The Hall–Kier alpha value is -4.15. The number of piperazine rings is 1. The second-order valence-corrected chi connectivity index (χ2v) is 8.66. The van der Waals surface area contributed by atoms with Crippen molar-refractivity contribution in [3.8, 4) is 11.8 Å². The molecule has 1 saturated heterocycles. The molecule has 35 heavy (non-hydrogen) atoms. The maximum absolute atomic E-state index is 13.1. The number of benzene rings is 2. The van der Waals surface area contributed by atoms with Crippen molar-refractivity contribution in [2.45, 2.75) is 13.5 Å². The molecule has 0 bridgehead atoms. The summed E-state index contributed by atoms with van der Waals surface area (Å²) in [4.78, 5) is 27.0. The minimum absolute atomic E-state index is 0.149. The molecule has 1 N–H and O–H groups in total. The van der Waals surface area contributed by atoms with Gasteiger partial charge >= 0.3 is 0 Å². The number of pyridine rings is 1. The van der Waals surface area contributed by atoms with Gasteiger partial charge in [-0.25, -0.2) is 4.98 Å². The number of hydrogen-bond donors (Lipinski definition) is 1. The summed E-state index contributed by atoms with van der Waals surface area (Å²) >= 11 is 0. The largest absolute Gasteiger partial charge is 0.369 e. The van der Waals surface area contributed by atoms with Crippen molar-refractivity contribution in [2.75, 3.05) is 43.4 Å². The zero-order chi connectivity index (χ0) is 24.2. The first-order valence-corrected chi connectivity index (χ1v) is 11.9. The van der Waals surface area contributed by atoms with Crippen molar-refractivity contribution in [2.24, 2.45) is 0 Å². The molecule has 5 rings (SSSR count). The van der Waals surface area contributed by atoms with Crippen LogP contribution in [-0.2, 0) is 6.54 Å². The summed E-state index contributed by atoms with van der Waals surface area (Å²) in [5.74, 6) is 6.55. The highest BCUT2D eigenvalue weighted by molar-refractivity contribution is 5.77. The Bertz CT molecular complexity index is 1440. The van der Waals surface area contributed by atoms with Gasteiger partial charge in [-0.1, -0.05) is 30.0 Å². The molecule has 7 nitrogen and oxygen atoms in total. The quantitative estimate of drug-likeness (QED) is 0.465. The van der Waals surface area contributed by atoms with Crippen LogP contribution >= 0.6 is 0 Å². The van der Waals surface area contributed by atoms with Gasteiger partial charge in [-0.05, 0) is 56.4 Å². The minimum atomic E-state index is -0.149. The zero-order valence-corrected chi connectivity index (χ0v) is 20.0. The average molecular weight is 465 g/mol. The summed E-state index contributed by atoms with van der Waals surface area (Å²) in [6, 6.07) is 19.7. The van der Waals surface area contributed by atoms with Gasteiger partial charge in [0.1, 0.15) is 5.65 Å². The first-order chi connectivity index (χ1) is 17.1. The highest BCUT2D eigenvalue weighted by Crippen LogP contribution is 2.22. The number of rotatable bonds is 4. The van der Waals surface area contributed by atoms with Gasteiger partial charge in [-0.15, -0.1) is 0 Å². The first kappa shape index (κ1) is 22.6. The maximum atomic E-state index is 13.1. The predicted octanol–water partition coefficient (Wildman–Crippen LogP) is 3.71. The normalized spacial score (nSPS) is 13.9. The van der Waals surface area contributed by atoms with Gasteiger partial charge in [0.05, 0.1) is 5.56 Å². The highest BCUT2D eigenvalue weighted by Gasteiger charge is 2.14. The van der Waals surface area contributed by atoms with E-state index in [4.69, 9.17) is 0 Å². The van der Waals surface area contributed by atoms with Gasteiger partial charge in [0.2, 0.25) is 5.95 Å². The fraction of sp³-hybridized carbons (Fsp3) is 0.250. The Balaban J connectivity index is 1.39. The van der Waals surface area contributed by atoms with Crippen LogP contribution in [0.25, 0.3) is 11.0 Å². The summed E-state index contributed by atoms with van der Waals surface area (Å²) in [5.41, 5.74) is 3.86. The highest BCUT2D eigenvalue weighted by atomic mass is 16.1. The molecule has 0 amide bonds. The maximum Gasteiger partial charge on any atom is 0.267 e. The van der Waals surface area contributed by atoms with E-state index >= 15 is 0 Å². The summed E-state index contributed by atoms with van der Waals surface area (Å²) in [7, 11) is 2.16. The summed E-state index contributed by atoms with van der Waals surface area (Å²) in [5, 5.41) is 4.05. The van der Waals surface area contributed by atoms with Gasteiger partial charge in [0.25, 0.3) is 5.56 Å². The van der Waals surface area contributed by atoms with Crippen LogP contribution in [0.5, 0.6) is 0 Å². The number of nitrogens with zero attached hydrogens (tertiary/aromatic N) is 5. The third kappa shape index (κ3) is 5.03.